The first kappa shape index (κ1) is 22.5. The topological polar surface area (TPSA) is 76.4 Å². The second kappa shape index (κ2) is 9.42. The second-order valence-electron chi connectivity index (χ2n) is 7.55. The molecule has 1 heterocycles. The number of hydrogen-bond acceptors (Lipinski definition) is 5. The SMILES string of the molecule is COc1ccc(Nc2c(-c3ccccc3SC)c(C)nn2-c2ccccc2C)c(C(=O)O)c1. The van der Waals surface area contributed by atoms with Crippen LogP contribution in [0.15, 0.2) is 71.6 Å². The Bertz CT molecular complexity index is 1330. The average molecular weight is 460 g/mol. The highest BCUT2D eigenvalue weighted by atomic mass is 32.2. The third-order valence-electron chi connectivity index (χ3n) is 5.49. The molecule has 0 radical (unpaired) electrons. The van der Waals surface area contributed by atoms with Gasteiger partial charge >= 0.3 is 5.97 Å². The van der Waals surface area contributed by atoms with E-state index in [1.807, 2.05) is 61.2 Å². The van der Waals surface area contributed by atoms with Crippen LogP contribution < -0.4 is 10.1 Å². The van der Waals surface area contributed by atoms with Crippen LogP contribution in [0.4, 0.5) is 11.5 Å². The number of benzene rings is 3. The van der Waals surface area contributed by atoms with Gasteiger partial charge in [0.25, 0.3) is 0 Å². The van der Waals surface area contributed by atoms with Gasteiger partial charge < -0.3 is 15.2 Å². The lowest BCUT2D eigenvalue weighted by molar-refractivity contribution is 0.0697. The van der Waals surface area contributed by atoms with E-state index in [4.69, 9.17) is 9.84 Å². The zero-order chi connectivity index (χ0) is 23.5. The third-order valence-corrected chi connectivity index (χ3v) is 6.29. The van der Waals surface area contributed by atoms with Crippen LogP contribution in [0.3, 0.4) is 0 Å². The standard InChI is InChI=1S/C26H25N3O3S/c1-16-9-5-7-11-22(16)29-25(27-21-14-13-18(32-3)15-20(21)26(30)31)24(17(2)28-29)19-10-6-8-12-23(19)33-4/h5-15,27H,1-4H3,(H,30,31). The summed E-state index contributed by atoms with van der Waals surface area (Å²) in [5, 5.41) is 18.1. The number of hydrogen-bond donors (Lipinski definition) is 2. The molecular formula is C26H25N3O3S. The summed E-state index contributed by atoms with van der Waals surface area (Å²) in [6.45, 7) is 4.00. The van der Waals surface area contributed by atoms with Crippen LogP contribution in [-0.2, 0) is 0 Å². The Balaban J connectivity index is 1.98. The van der Waals surface area contributed by atoms with Gasteiger partial charge in [0, 0.05) is 16.0 Å². The molecule has 0 unspecified atom stereocenters. The summed E-state index contributed by atoms with van der Waals surface area (Å²) in [4.78, 5) is 13.1. The van der Waals surface area contributed by atoms with Crippen LogP contribution in [0.2, 0.25) is 0 Å². The maximum Gasteiger partial charge on any atom is 0.337 e. The van der Waals surface area contributed by atoms with Crippen molar-refractivity contribution in [3.8, 4) is 22.6 Å². The zero-order valence-corrected chi connectivity index (χ0v) is 19.7. The van der Waals surface area contributed by atoms with E-state index < -0.39 is 5.97 Å². The molecule has 0 amide bonds. The molecule has 0 aliphatic rings. The van der Waals surface area contributed by atoms with Crippen molar-refractivity contribution in [3.05, 3.63) is 83.6 Å². The number of nitrogens with zero attached hydrogens (tertiary/aromatic N) is 2. The van der Waals surface area contributed by atoms with Gasteiger partial charge in [-0.15, -0.1) is 11.8 Å². The number of aryl methyl sites for hydroxylation is 2. The molecule has 168 valence electrons. The Kier molecular flexibility index (Phi) is 6.42. The fraction of sp³-hybridized carbons (Fsp3) is 0.154. The lowest BCUT2D eigenvalue weighted by atomic mass is 10.0. The van der Waals surface area contributed by atoms with Crippen LogP contribution in [0, 0.1) is 13.8 Å². The Labute approximate surface area is 197 Å². The number of ether oxygens (including phenoxy) is 1. The minimum Gasteiger partial charge on any atom is -0.497 e. The number of carboxylic acid groups (broad SMARTS) is 1. The highest BCUT2D eigenvalue weighted by Gasteiger charge is 2.23. The smallest absolute Gasteiger partial charge is 0.337 e. The summed E-state index contributed by atoms with van der Waals surface area (Å²) in [6, 6.07) is 21.1. The predicted octanol–water partition coefficient (Wildman–Crippen LogP) is 6.33. The number of carboxylic acids is 1. The first-order valence-corrected chi connectivity index (χ1v) is 11.6. The lowest BCUT2D eigenvalue weighted by Crippen LogP contribution is -2.08. The first-order valence-electron chi connectivity index (χ1n) is 10.4. The molecule has 0 bridgehead atoms. The Morgan fingerprint density at radius 1 is 1.06 bits per heavy atom. The van der Waals surface area contributed by atoms with Gasteiger partial charge in [0.2, 0.25) is 0 Å². The molecule has 0 saturated heterocycles. The summed E-state index contributed by atoms with van der Waals surface area (Å²) in [5.41, 5.74) is 5.36. The van der Waals surface area contributed by atoms with E-state index in [0.717, 1.165) is 33.0 Å². The van der Waals surface area contributed by atoms with Crippen molar-refractivity contribution in [1.29, 1.82) is 0 Å². The number of para-hydroxylation sites is 1. The fourth-order valence-electron chi connectivity index (χ4n) is 3.86. The molecule has 4 rings (SSSR count). The number of aromatic carboxylic acids is 1. The van der Waals surface area contributed by atoms with E-state index >= 15 is 0 Å². The molecule has 3 aromatic carbocycles. The molecule has 2 N–H and O–H groups in total. The van der Waals surface area contributed by atoms with E-state index in [2.05, 4.69) is 17.4 Å². The summed E-state index contributed by atoms with van der Waals surface area (Å²) in [6.07, 6.45) is 2.04. The van der Waals surface area contributed by atoms with Crippen molar-refractivity contribution in [2.45, 2.75) is 18.7 Å². The molecule has 0 spiro atoms. The van der Waals surface area contributed by atoms with Crippen molar-refractivity contribution in [2.24, 2.45) is 0 Å². The number of methoxy groups -OCH3 is 1. The molecule has 0 saturated carbocycles. The van der Waals surface area contributed by atoms with Gasteiger partial charge in [0.1, 0.15) is 11.6 Å². The summed E-state index contributed by atoms with van der Waals surface area (Å²) in [7, 11) is 1.52. The van der Waals surface area contributed by atoms with Gasteiger partial charge in [-0.3, -0.25) is 0 Å². The molecule has 0 aliphatic heterocycles. The Morgan fingerprint density at radius 2 is 1.79 bits per heavy atom. The number of aromatic nitrogens is 2. The minimum atomic E-state index is -1.04. The maximum atomic E-state index is 12.0. The van der Waals surface area contributed by atoms with E-state index in [1.54, 1.807) is 23.9 Å². The monoisotopic (exact) mass is 459 g/mol. The van der Waals surface area contributed by atoms with Crippen molar-refractivity contribution >= 4 is 29.2 Å². The van der Waals surface area contributed by atoms with Crippen molar-refractivity contribution in [2.75, 3.05) is 18.7 Å². The van der Waals surface area contributed by atoms with Gasteiger partial charge in [0.05, 0.1) is 29.7 Å². The van der Waals surface area contributed by atoms with Gasteiger partial charge in [-0.2, -0.15) is 5.10 Å². The lowest BCUT2D eigenvalue weighted by Gasteiger charge is -2.17. The largest absolute Gasteiger partial charge is 0.497 e. The van der Waals surface area contributed by atoms with E-state index in [1.165, 1.54) is 13.2 Å². The highest BCUT2D eigenvalue weighted by Crippen LogP contribution is 2.40. The van der Waals surface area contributed by atoms with Crippen molar-refractivity contribution < 1.29 is 14.6 Å². The number of thioether (sulfide) groups is 1. The normalized spacial score (nSPS) is 10.8. The molecule has 7 heteroatoms. The number of carbonyl (C=O) groups is 1. The zero-order valence-electron chi connectivity index (χ0n) is 18.9. The molecule has 6 nitrogen and oxygen atoms in total. The molecule has 0 atom stereocenters. The number of anilines is 2. The fourth-order valence-corrected chi connectivity index (χ4v) is 4.46. The molecule has 0 fully saturated rings. The van der Waals surface area contributed by atoms with Gasteiger partial charge in [-0.25, -0.2) is 9.48 Å². The quantitative estimate of drug-likeness (QED) is 0.315. The van der Waals surface area contributed by atoms with Crippen LogP contribution in [-0.4, -0.2) is 34.2 Å². The van der Waals surface area contributed by atoms with Gasteiger partial charge in [-0.05, 0) is 56.0 Å². The van der Waals surface area contributed by atoms with E-state index in [9.17, 15) is 9.90 Å². The van der Waals surface area contributed by atoms with E-state index in [0.29, 0.717) is 17.3 Å². The Morgan fingerprint density at radius 3 is 2.48 bits per heavy atom. The van der Waals surface area contributed by atoms with Crippen LogP contribution >= 0.6 is 11.8 Å². The molecule has 0 aliphatic carbocycles. The number of rotatable bonds is 7. The summed E-state index contributed by atoms with van der Waals surface area (Å²) in [5.74, 6) is 0.145. The van der Waals surface area contributed by atoms with E-state index in [-0.39, 0.29) is 5.56 Å². The molecule has 33 heavy (non-hydrogen) atoms. The predicted molar refractivity (Wildman–Crippen MR) is 133 cm³/mol. The molecule has 1 aromatic heterocycles. The maximum absolute atomic E-state index is 12.0. The minimum absolute atomic E-state index is 0.119. The van der Waals surface area contributed by atoms with Crippen LogP contribution in [0.25, 0.3) is 16.8 Å². The third kappa shape index (κ3) is 4.32. The summed E-state index contributed by atoms with van der Waals surface area (Å²) < 4.78 is 7.09. The molecular weight excluding hydrogens is 434 g/mol. The van der Waals surface area contributed by atoms with Gasteiger partial charge in [0.15, 0.2) is 0 Å². The summed E-state index contributed by atoms with van der Waals surface area (Å²) >= 11 is 1.66. The second-order valence-corrected chi connectivity index (χ2v) is 8.40. The van der Waals surface area contributed by atoms with Crippen molar-refractivity contribution in [1.82, 2.24) is 9.78 Å². The highest BCUT2D eigenvalue weighted by molar-refractivity contribution is 7.98. The van der Waals surface area contributed by atoms with Crippen LogP contribution in [0.5, 0.6) is 5.75 Å². The Hall–Kier alpha value is -3.71. The number of nitrogens with one attached hydrogen (secondary N) is 1. The van der Waals surface area contributed by atoms with Gasteiger partial charge in [-0.1, -0.05) is 36.4 Å². The van der Waals surface area contributed by atoms with Crippen LogP contribution in [0.1, 0.15) is 21.6 Å². The average Bonchev–Trinajstić information content (AvgIpc) is 3.14. The first-order chi connectivity index (χ1) is 15.9. The van der Waals surface area contributed by atoms with Crippen molar-refractivity contribution in [3.63, 3.8) is 0 Å². The molecule has 4 aromatic rings.